The molecule has 1 aliphatic carbocycles. The van der Waals surface area contributed by atoms with Crippen LogP contribution < -0.4 is 5.32 Å². The smallest absolute Gasteiger partial charge is 0.134 e. The molecule has 4 heteroatoms. The zero-order valence-electron chi connectivity index (χ0n) is 12.3. The lowest BCUT2D eigenvalue weighted by atomic mass is 9.77. The molecule has 0 aliphatic heterocycles. The Morgan fingerprint density at radius 1 is 1.29 bits per heavy atom. The lowest BCUT2D eigenvalue weighted by Gasteiger charge is -2.39. The van der Waals surface area contributed by atoms with E-state index in [0.29, 0.717) is 0 Å². The molecule has 0 radical (unpaired) electrons. The van der Waals surface area contributed by atoms with Gasteiger partial charge in [0.15, 0.2) is 0 Å². The summed E-state index contributed by atoms with van der Waals surface area (Å²) in [7, 11) is 0. The first kappa shape index (κ1) is 14.8. The second-order valence-electron chi connectivity index (χ2n) is 6.24. The average Bonchev–Trinajstić information content (AvgIpc) is 2.51. The number of pyridine rings is 1. The molecular weight excluding hydrogens is 328 g/mol. The van der Waals surface area contributed by atoms with Gasteiger partial charge >= 0.3 is 0 Å². The highest BCUT2D eigenvalue weighted by molar-refractivity contribution is 9.10. The summed E-state index contributed by atoms with van der Waals surface area (Å²) in [6.07, 6.45) is 6.13. The summed E-state index contributed by atoms with van der Waals surface area (Å²) in [5.41, 5.74) is -0.226. The summed E-state index contributed by atoms with van der Waals surface area (Å²) in [6.45, 7) is 2.44. The number of hydrogen-bond donors (Lipinski definition) is 2. The minimum absolute atomic E-state index is 0.159. The van der Waals surface area contributed by atoms with Crippen molar-refractivity contribution < 1.29 is 5.11 Å². The number of aromatic nitrogens is 1. The number of aliphatic hydroxyl groups excluding tert-OH is 1. The minimum Gasteiger partial charge on any atom is -0.394 e. The van der Waals surface area contributed by atoms with E-state index in [1.165, 1.54) is 0 Å². The molecule has 2 N–H and O–H groups in total. The van der Waals surface area contributed by atoms with E-state index >= 15 is 0 Å². The lowest BCUT2D eigenvalue weighted by molar-refractivity contribution is 0.155. The maximum absolute atomic E-state index is 9.92. The van der Waals surface area contributed by atoms with Gasteiger partial charge in [-0.15, -0.1) is 0 Å². The molecule has 1 aliphatic rings. The molecule has 1 fully saturated rings. The van der Waals surface area contributed by atoms with Crippen LogP contribution in [0.2, 0.25) is 0 Å². The van der Waals surface area contributed by atoms with E-state index in [2.05, 4.69) is 39.2 Å². The highest BCUT2D eigenvalue weighted by atomic mass is 79.9. The Labute approximate surface area is 133 Å². The molecule has 1 heterocycles. The Kier molecular flexibility index (Phi) is 4.18. The number of rotatable bonds is 3. The SMILES string of the molecule is CC1CCC(CO)(Nc2nccc3c(Br)cccc23)CC1. The fourth-order valence-corrected chi connectivity index (χ4v) is 3.66. The van der Waals surface area contributed by atoms with Crippen LogP contribution in [0.5, 0.6) is 0 Å². The molecule has 1 saturated carbocycles. The van der Waals surface area contributed by atoms with Gasteiger partial charge in [-0.2, -0.15) is 0 Å². The van der Waals surface area contributed by atoms with E-state index in [9.17, 15) is 5.11 Å². The summed E-state index contributed by atoms with van der Waals surface area (Å²) < 4.78 is 1.07. The summed E-state index contributed by atoms with van der Waals surface area (Å²) in [4.78, 5) is 4.51. The summed E-state index contributed by atoms with van der Waals surface area (Å²) in [6, 6.07) is 8.15. The predicted molar refractivity (Wildman–Crippen MR) is 90.5 cm³/mol. The Morgan fingerprint density at radius 2 is 2.05 bits per heavy atom. The molecule has 21 heavy (non-hydrogen) atoms. The molecule has 112 valence electrons. The number of fused-ring (bicyclic) bond motifs is 1. The van der Waals surface area contributed by atoms with Gasteiger partial charge in [-0.05, 0) is 43.7 Å². The third-order valence-electron chi connectivity index (χ3n) is 4.67. The van der Waals surface area contributed by atoms with Crippen LogP contribution in [0.4, 0.5) is 5.82 Å². The molecule has 0 unspecified atom stereocenters. The predicted octanol–water partition coefficient (Wildman–Crippen LogP) is 4.35. The van der Waals surface area contributed by atoms with Gasteiger partial charge in [-0.1, -0.05) is 35.0 Å². The number of anilines is 1. The molecule has 3 nitrogen and oxygen atoms in total. The first-order valence-corrected chi connectivity index (χ1v) is 8.35. The zero-order chi connectivity index (χ0) is 14.9. The maximum atomic E-state index is 9.92. The van der Waals surface area contributed by atoms with Crippen molar-refractivity contribution in [2.45, 2.75) is 38.1 Å². The fraction of sp³-hybridized carbons (Fsp3) is 0.471. The normalized spacial score (nSPS) is 26.0. The number of halogens is 1. The number of hydrogen-bond acceptors (Lipinski definition) is 3. The van der Waals surface area contributed by atoms with Gasteiger partial charge in [0.05, 0.1) is 12.1 Å². The molecule has 3 rings (SSSR count). The molecule has 1 aromatic carbocycles. The van der Waals surface area contributed by atoms with Crippen LogP contribution in [0.1, 0.15) is 32.6 Å². The first-order valence-electron chi connectivity index (χ1n) is 7.56. The van der Waals surface area contributed by atoms with E-state index in [1.54, 1.807) is 0 Å². The van der Waals surface area contributed by atoms with Gasteiger partial charge < -0.3 is 10.4 Å². The topological polar surface area (TPSA) is 45.1 Å². The first-order chi connectivity index (χ1) is 10.1. The third kappa shape index (κ3) is 2.92. The van der Waals surface area contributed by atoms with E-state index in [-0.39, 0.29) is 12.1 Å². The molecular formula is C17H21BrN2O. The number of nitrogens with zero attached hydrogens (tertiary/aromatic N) is 1. The van der Waals surface area contributed by atoms with Crippen molar-refractivity contribution in [3.05, 3.63) is 34.9 Å². The summed E-state index contributed by atoms with van der Waals surface area (Å²) in [5, 5.41) is 15.7. The van der Waals surface area contributed by atoms with Crippen LogP contribution in [-0.4, -0.2) is 22.2 Å². The fourth-order valence-electron chi connectivity index (χ4n) is 3.16. The third-order valence-corrected chi connectivity index (χ3v) is 5.36. The highest BCUT2D eigenvalue weighted by Crippen LogP contribution is 2.36. The number of aliphatic hydroxyl groups is 1. The van der Waals surface area contributed by atoms with Crippen LogP contribution in [0.25, 0.3) is 10.8 Å². The van der Waals surface area contributed by atoms with Crippen molar-refractivity contribution >= 4 is 32.5 Å². The quantitative estimate of drug-likeness (QED) is 0.866. The summed E-state index contributed by atoms with van der Waals surface area (Å²) >= 11 is 3.59. The molecule has 0 saturated heterocycles. The van der Waals surface area contributed by atoms with Gasteiger partial charge in [-0.25, -0.2) is 4.98 Å². The van der Waals surface area contributed by atoms with Crippen LogP contribution in [-0.2, 0) is 0 Å². The van der Waals surface area contributed by atoms with Crippen molar-refractivity contribution in [3.63, 3.8) is 0 Å². The van der Waals surface area contributed by atoms with Gasteiger partial charge in [0.1, 0.15) is 5.82 Å². The second-order valence-corrected chi connectivity index (χ2v) is 7.09. The van der Waals surface area contributed by atoms with Gasteiger partial charge in [0.2, 0.25) is 0 Å². The van der Waals surface area contributed by atoms with E-state index in [4.69, 9.17) is 0 Å². The monoisotopic (exact) mass is 348 g/mol. The minimum atomic E-state index is -0.226. The highest BCUT2D eigenvalue weighted by Gasteiger charge is 2.34. The standard InChI is InChI=1S/C17H21BrN2O/c1-12-5-8-17(11-21,9-6-12)20-16-14-3-2-4-15(18)13(14)7-10-19-16/h2-4,7,10,12,21H,5-6,8-9,11H2,1H3,(H,19,20). The van der Waals surface area contributed by atoms with Crippen LogP contribution in [0, 0.1) is 5.92 Å². The van der Waals surface area contributed by atoms with Crippen LogP contribution in [0.3, 0.4) is 0 Å². The molecule has 2 aromatic rings. The molecule has 0 atom stereocenters. The van der Waals surface area contributed by atoms with Crippen molar-refractivity contribution in [2.75, 3.05) is 11.9 Å². The van der Waals surface area contributed by atoms with Crippen molar-refractivity contribution in [1.82, 2.24) is 4.98 Å². The van der Waals surface area contributed by atoms with Crippen LogP contribution in [0.15, 0.2) is 34.9 Å². The number of benzene rings is 1. The zero-order valence-corrected chi connectivity index (χ0v) is 13.9. The Morgan fingerprint density at radius 3 is 2.76 bits per heavy atom. The van der Waals surface area contributed by atoms with E-state index in [0.717, 1.165) is 52.7 Å². The molecule has 0 bridgehead atoms. The Balaban J connectivity index is 1.95. The maximum Gasteiger partial charge on any atom is 0.134 e. The largest absolute Gasteiger partial charge is 0.394 e. The Bertz CT molecular complexity index is 636. The van der Waals surface area contributed by atoms with E-state index in [1.807, 2.05) is 24.4 Å². The summed E-state index contributed by atoms with van der Waals surface area (Å²) in [5.74, 6) is 1.62. The van der Waals surface area contributed by atoms with Crippen molar-refractivity contribution in [1.29, 1.82) is 0 Å². The van der Waals surface area contributed by atoms with E-state index < -0.39 is 0 Å². The molecule has 0 amide bonds. The lowest BCUT2D eigenvalue weighted by Crippen LogP contribution is -2.45. The average molecular weight is 349 g/mol. The molecule has 1 aromatic heterocycles. The van der Waals surface area contributed by atoms with Gasteiger partial charge in [0, 0.05) is 21.4 Å². The van der Waals surface area contributed by atoms with Crippen molar-refractivity contribution in [2.24, 2.45) is 5.92 Å². The Hall–Kier alpha value is -1.13. The van der Waals surface area contributed by atoms with Gasteiger partial charge in [-0.3, -0.25) is 0 Å². The second kappa shape index (κ2) is 5.93. The number of nitrogens with one attached hydrogen (secondary N) is 1. The van der Waals surface area contributed by atoms with Crippen molar-refractivity contribution in [3.8, 4) is 0 Å². The molecule has 0 spiro atoms. The van der Waals surface area contributed by atoms with Gasteiger partial charge in [0.25, 0.3) is 0 Å². The van der Waals surface area contributed by atoms with Crippen LogP contribution >= 0.6 is 15.9 Å².